The monoisotopic (exact) mass is 517 g/mol. The van der Waals surface area contributed by atoms with E-state index in [-0.39, 0.29) is 17.6 Å². The number of rotatable bonds is 6. The average molecular weight is 518 g/mol. The second-order valence-corrected chi connectivity index (χ2v) is 9.91. The lowest BCUT2D eigenvalue weighted by Gasteiger charge is -2.10. The largest absolute Gasteiger partial charge is 0.335 e. The number of aromatic amines is 2. The van der Waals surface area contributed by atoms with Gasteiger partial charge in [-0.2, -0.15) is 5.10 Å². The number of pyridine rings is 2. The van der Waals surface area contributed by atoms with Crippen molar-refractivity contribution in [1.29, 1.82) is 0 Å². The van der Waals surface area contributed by atoms with Crippen LogP contribution in [0.15, 0.2) is 67.1 Å². The molecule has 1 fully saturated rings. The van der Waals surface area contributed by atoms with Gasteiger partial charge in [-0.15, -0.1) is 0 Å². The number of fused-ring (bicyclic) bond motifs is 2. The number of imidazole rings is 1. The highest BCUT2D eigenvalue weighted by Gasteiger charge is 2.29. The van der Waals surface area contributed by atoms with E-state index in [9.17, 15) is 9.18 Å². The van der Waals surface area contributed by atoms with Crippen LogP contribution in [0.4, 0.5) is 10.1 Å². The molecule has 192 valence electrons. The van der Waals surface area contributed by atoms with Crippen LogP contribution >= 0.6 is 0 Å². The van der Waals surface area contributed by atoms with Crippen LogP contribution in [-0.4, -0.2) is 36.0 Å². The van der Waals surface area contributed by atoms with Crippen LogP contribution in [0.3, 0.4) is 0 Å². The van der Waals surface area contributed by atoms with Gasteiger partial charge in [0.25, 0.3) is 0 Å². The summed E-state index contributed by atoms with van der Waals surface area (Å²) in [5.41, 5.74) is 7.88. The van der Waals surface area contributed by atoms with Crippen molar-refractivity contribution in [3.63, 3.8) is 0 Å². The predicted octanol–water partition coefficient (Wildman–Crippen LogP) is 6.28. The molecule has 39 heavy (non-hydrogen) atoms. The van der Waals surface area contributed by atoms with Crippen LogP contribution < -0.4 is 5.32 Å². The quantitative estimate of drug-likeness (QED) is 0.241. The molecule has 8 nitrogen and oxygen atoms in total. The first-order valence-electron chi connectivity index (χ1n) is 12.9. The highest BCUT2D eigenvalue weighted by molar-refractivity contribution is 5.97. The Kier molecular flexibility index (Phi) is 5.43. The summed E-state index contributed by atoms with van der Waals surface area (Å²) >= 11 is 0. The number of carbonyl (C=O) groups is 1. The SMILES string of the molecule is CCc1cc(NC(=O)C2CC2)cc(-c2cnc3n[nH]c(-c4nc5c(-c6cccc(F)c6)cncc5[nH]4)c3c2)c1. The van der Waals surface area contributed by atoms with Gasteiger partial charge < -0.3 is 10.3 Å². The summed E-state index contributed by atoms with van der Waals surface area (Å²) in [5.74, 6) is 0.472. The summed E-state index contributed by atoms with van der Waals surface area (Å²) < 4.78 is 13.9. The van der Waals surface area contributed by atoms with Crippen molar-refractivity contribution < 1.29 is 9.18 Å². The molecule has 2 aromatic carbocycles. The van der Waals surface area contributed by atoms with Crippen molar-refractivity contribution in [1.82, 2.24) is 30.1 Å². The molecule has 1 amide bonds. The number of nitrogens with zero attached hydrogens (tertiary/aromatic N) is 4. The lowest BCUT2D eigenvalue weighted by Crippen LogP contribution is -2.13. The Hall–Kier alpha value is -4.92. The summed E-state index contributed by atoms with van der Waals surface area (Å²) in [6.45, 7) is 2.09. The lowest BCUT2D eigenvalue weighted by atomic mass is 10.0. The number of amides is 1. The zero-order valence-corrected chi connectivity index (χ0v) is 21.1. The molecule has 0 saturated heterocycles. The average Bonchev–Trinajstić information content (AvgIpc) is 3.58. The summed E-state index contributed by atoms with van der Waals surface area (Å²) in [6.07, 6.45) is 7.93. The molecule has 4 heterocycles. The minimum atomic E-state index is -0.319. The fraction of sp³-hybridized carbons (Fsp3) is 0.167. The van der Waals surface area contributed by atoms with E-state index in [1.54, 1.807) is 24.7 Å². The maximum Gasteiger partial charge on any atom is 0.227 e. The number of halogens is 1. The maximum atomic E-state index is 13.9. The second-order valence-electron chi connectivity index (χ2n) is 9.91. The Bertz CT molecular complexity index is 1890. The molecule has 9 heteroatoms. The van der Waals surface area contributed by atoms with Crippen molar-refractivity contribution in [2.45, 2.75) is 26.2 Å². The number of hydrogen-bond acceptors (Lipinski definition) is 5. The number of anilines is 1. The molecule has 1 aliphatic rings. The number of benzene rings is 2. The van der Waals surface area contributed by atoms with Gasteiger partial charge in [0.05, 0.1) is 22.6 Å². The first-order valence-corrected chi connectivity index (χ1v) is 12.9. The summed E-state index contributed by atoms with van der Waals surface area (Å²) in [4.78, 5) is 29.5. The topological polar surface area (TPSA) is 112 Å². The molecule has 6 aromatic rings. The first-order chi connectivity index (χ1) is 19.1. The molecule has 0 atom stereocenters. The molecule has 1 saturated carbocycles. The second kappa shape index (κ2) is 9.13. The van der Waals surface area contributed by atoms with Gasteiger partial charge in [0.2, 0.25) is 5.91 Å². The Morgan fingerprint density at radius 1 is 1.05 bits per heavy atom. The standard InChI is InChI=1S/C30H24FN7O/c1-2-16-8-19(11-22(9-16)34-30(39)17-6-7-17)20-12-23-27(37-38-28(23)33-13-20)29-35-25-15-32-14-24(26(25)36-29)18-4-3-5-21(31)10-18/h3-5,8-15,17H,2,6-7H2,1H3,(H,34,39)(H,35,36)(H,33,37,38). The molecule has 0 bridgehead atoms. The zero-order chi connectivity index (χ0) is 26.5. The van der Waals surface area contributed by atoms with E-state index in [1.807, 2.05) is 24.3 Å². The van der Waals surface area contributed by atoms with E-state index in [2.05, 4.69) is 43.5 Å². The zero-order valence-electron chi connectivity index (χ0n) is 21.1. The highest BCUT2D eigenvalue weighted by Crippen LogP contribution is 2.34. The summed E-state index contributed by atoms with van der Waals surface area (Å²) in [5, 5.41) is 11.3. The minimum Gasteiger partial charge on any atom is -0.335 e. The van der Waals surface area contributed by atoms with E-state index in [0.29, 0.717) is 28.2 Å². The van der Waals surface area contributed by atoms with E-state index >= 15 is 0 Å². The third kappa shape index (κ3) is 4.31. The van der Waals surface area contributed by atoms with E-state index in [1.165, 1.54) is 12.1 Å². The van der Waals surface area contributed by atoms with E-state index < -0.39 is 0 Å². The number of H-pyrrole nitrogens is 2. The number of nitrogens with one attached hydrogen (secondary N) is 3. The van der Waals surface area contributed by atoms with Gasteiger partial charge in [0.15, 0.2) is 11.5 Å². The first kappa shape index (κ1) is 23.2. The van der Waals surface area contributed by atoms with Crippen molar-refractivity contribution >= 4 is 33.7 Å². The van der Waals surface area contributed by atoms with Gasteiger partial charge in [-0.05, 0) is 66.3 Å². The normalized spacial score (nSPS) is 13.3. The maximum absolute atomic E-state index is 13.9. The smallest absolute Gasteiger partial charge is 0.227 e. The van der Waals surface area contributed by atoms with Crippen LogP contribution in [0, 0.1) is 11.7 Å². The van der Waals surface area contributed by atoms with Crippen LogP contribution in [-0.2, 0) is 11.2 Å². The number of aryl methyl sites for hydroxylation is 1. The van der Waals surface area contributed by atoms with Gasteiger partial charge >= 0.3 is 0 Å². The highest BCUT2D eigenvalue weighted by atomic mass is 19.1. The molecular formula is C30H24FN7O. The molecule has 3 N–H and O–H groups in total. The van der Waals surface area contributed by atoms with E-state index in [0.717, 1.165) is 58.1 Å². The fourth-order valence-electron chi connectivity index (χ4n) is 4.88. The van der Waals surface area contributed by atoms with Crippen LogP contribution in [0.1, 0.15) is 25.3 Å². The third-order valence-electron chi connectivity index (χ3n) is 7.13. The molecule has 0 radical (unpaired) electrons. The predicted molar refractivity (Wildman–Crippen MR) is 148 cm³/mol. The molecular weight excluding hydrogens is 493 g/mol. The van der Waals surface area contributed by atoms with E-state index in [4.69, 9.17) is 4.98 Å². The third-order valence-corrected chi connectivity index (χ3v) is 7.13. The molecule has 0 spiro atoms. The van der Waals surface area contributed by atoms with Crippen LogP contribution in [0.5, 0.6) is 0 Å². The van der Waals surface area contributed by atoms with Crippen molar-refractivity contribution in [2.75, 3.05) is 5.32 Å². The van der Waals surface area contributed by atoms with Crippen LogP contribution in [0.2, 0.25) is 0 Å². The van der Waals surface area contributed by atoms with Crippen LogP contribution in [0.25, 0.3) is 55.8 Å². The summed E-state index contributed by atoms with van der Waals surface area (Å²) in [6, 6.07) is 14.5. The van der Waals surface area contributed by atoms with Crippen molar-refractivity contribution in [3.05, 3.63) is 78.5 Å². The van der Waals surface area contributed by atoms with Crippen molar-refractivity contribution in [3.8, 4) is 33.8 Å². The Morgan fingerprint density at radius 2 is 1.95 bits per heavy atom. The van der Waals surface area contributed by atoms with Crippen molar-refractivity contribution in [2.24, 2.45) is 5.92 Å². The fourth-order valence-corrected chi connectivity index (χ4v) is 4.88. The molecule has 0 aliphatic heterocycles. The Balaban J connectivity index is 1.30. The number of aromatic nitrogens is 6. The Labute approximate surface area is 222 Å². The summed E-state index contributed by atoms with van der Waals surface area (Å²) in [7, 11) is 0. The number of hydrogen-bond donors (Lipinski definition) is 3. The Morgan fingerprint density at radius 3 is 2.77 bits per heavy atom. The van der Waals surface area contributed by atoms with Gasteiger partial charge in [-0.25, -0.2) is 14.4 Å². The minimum absolute atomic E-state index is 0.0805. The van der Waals surface area contributed by atoms with Gasteiger partial charge in [-0.3, -0.25) is 14.9 Å². The molecule has 1 aliphatic carbocycles. The molecule has 7 rings (SSSR count). The van der Waals surface area contributed by atoms with Gasteiger partial charge in [-0.1, -0.05) is 25.1 Å². The van der Waals surface area contributed by atoms with Gasteiger partial charge in [0, 0.05) is 35.1 Å². The molecule has 4 aromatic heterocycles. The number of carbonyl (C=O) groups excluding carboxylic acids is 1. The van der Waals surface area contributed by atoms with Gasteiger partial charge in [0.1, 0.15) is 11.5 Å². The molecule has 0 unspecified atom stereocenters. The lowest BCUT2D eigenvalue weighted by molar-refractivity contribution is -0.117.